The highest BCUT2D eigenvalue weighted by Gasteiger charge is 2.22. The van der Waals surface area contributed by atoms with E-state index in [1.165, 1.54) is 66.0 Å². The molecule has 0 atom stereocenters. The number of benzene rings is 8. The standard InChI is InChI=1S/C50H35NO/c1-3-12-34(13-4-1)39-17-11-18-42(32-39)51(50-43-19-8-7-16-37(43)26-30-44(50)36-14-5-2-6-15-36)41-28-24-35(25-29-41)40-23-22-38-27-31-48-49(46(38)33-40)45-20-9-10-21-47(45)52-48/h1,3-5,7-33H,2,6H2. The number of allylic oxidation sites excluding steroid dienone is 4. The van der Waals surface area contributed by atoms with Gasteiger partial charge in [-0.05, 0) is 99.3 Å². The molecule has 0 unspecified atom stereocenters. The van der Waals surface area contributed by atoms with Crippen molar-refractivity contribution in [1.82, 2.24) is 0 Å². The average molecular weight is 666 g/mol. The second kappa shape index (κ2) is 12.6. The third kappa shape index (κ3) is 5.20. The minimum atomic E-state index is 0.920. The maximum absolute atomic E-state index is 6.24. The molecular weight excluding hydrogens is 631 g/mol. The van der Waals surface area contributed by atoms with E-state index in [1.807, 2.05) is 12.1 Å². The first kappa shape index (κ1) is 30.2. The van der Waals surface area contributed by atoms with Gasteiger partial charge in [-0.3, -0.25) is 0 Å². The number of hydrogen-bond donors (Lipinski definition) is 0. The van der Waals surface area contributed by atoms with E-state index in [1.54, 1.807) is 0 Å². The van der Waals surface area contributed by atoms with Crippen LogP contribution in [-0.2, 0) is 0 Å². The Hall–Kier alpha value is -6.64. The van der Waals surface area contributed by atoms with Crippen LogP contribution in [0.25, 0.3) is 71.3 Å². The van der Waals surface area contributed by atoms with Gasteiger partial charge >= 0.3 is 0 Å². The third-order valence-electron chi connectivity index (χ3n) is 10.5. The molecule has 0 aliphatic heterocycles. The molecule has 1 heterocycles. The second-order valence-electron chi connectivity index (χ2n) is 13.6. The van der Waals surface area contributed by atoms with Crippen LogP contribution in [0.1, 0.15) is 18.4 Å². The van der Waals surface area contributed by atoms with Crippen molar-refractivity contribution in [2.24, 2.45) is 0 Å². The van der Waals surface area contributed by atoms with Gasteiger partial charge in [0.1, 0.15) is 11.2 Å². The van der Waals surface area contributed by atoms with Crippen molar-refractivity contribution in [3.63, 3.8) is 0 Å². The summed E-state index contributed by atoms with van der Waals surface area (Å²) in [5.41, 5.74) is 12.5. The molecule has 2 nitrogen and oxygen atoms in total. The SMILES string of the molecule is C1=CC(c2ccc3ccccc3c2N(c2ccc(-c3ccc4ccc5oc6ccccc6c5c4c3)cc2)c2cccc(-c3ccccc3)c2)=CCC1. The minimum absolute atomic E-state index is 0.920. The number of anilines is 3. The number of fused-ring (bicyclic) bond motifs is 6. The monoisotopic (exact) mass is 665 g/mol. The Balaban J connectivity index is 1.16. The Bertz CT molecular complexity index is 2840. The fourth-order valence-electron chi connectivity index (χ4n) is 7.93. The van der Waals surface area contributed by atoms with Crippen LogP contribution >= 0.6 is 0 Å². The van der Waals surface area contributed by atoms with Crippen LogP contribution in [0.15, 0.2) is 193 Å². The van der Waals surface area contributed by atoms with Crippen LogP contribution in [0.4, 0.5) is 17.1 Å². The van der Waals surface area contributed by atoms with Crippen molar-refractivity contribution in [2.45, 2.75) is 12.8 Å². The predicted molar refractivity (Wildman–Crippen MR) is 221 cm³/mol. The van der Waals surface area contributed by atoms with E-state index >= 15 is 0 Å². The lowest BCUT2D eigenvalue weighted by atomic mass is 9.93. The first-order chi connectivity index (χ1) is 25.8. The van der Waals surface area contributed by atoms with Crippen LogP contribution in [-0.4, -0.2) is 0 Å². The Morgan fingerprint density at radius 3 is 2.00 bits per heavy atom. The summed E-state index contributed by atoms with van der Waals surface area (Å²) >= 11 is 0. The molecule has 0 saturated carbocycles. The maximum atomic E-state index is 6.24. The highest BCUT2D eigenvalue weighted by molar-refractivity contribution is 6.19. The highest BCUT2D eigenvalue weighted by Crippen LogP contribution is 2.45. The zero-order valence-corrected chi connectivity index (χ0v) is 28.7. The summed E-state index contributed by atoms with van der Waals surface area (Å²) in [6.45, 7) is 0. The molecule has 9 aromatic rings. The van der Waals surface area contributed by atoms with Gasteiger partial charge in [-0.1, -0.05) is 146 Å². The lowest BCUT2D eigenvalue weighted by molar-refractivity contribution is 0.669. The molecule has 0 fully saturated rings. The second-order valence-corrected chi connectivity index (χ2v) is 13.6. The smallest absolute Gasteiger partial charge is 0.136 e. The van der Waals surface area contributed by atoms with Gasteiger partial charge in [-0.25, -0.2) is 0 Å². The van der Waals surface area contributed by atoms with E-state index in [0.29, 0.717) is 0 Å². The Morgan fingerprint density at radius 2 is 1.13 bits per heavy atom. The highest BCUT2D eigenvalue weighted by atomic mass is 16.3. The van der Waals surface area contributed by atoms with E-state index < -0.39 is 0 Å². The zero-order chi connectivity index (χ0) is 34.4. The van der Waals surface area contributed by atoms with Crippen molar-refractivity contribution < 1.29 is 4.42 Å². The van der Waals surface area contributed by atoms with Crippen LogP contribution in [0.5, 0.6) is 0 Å². The maximum Gasteiger partial charge on any atom is 0.136 e. The van der Waals surface area contributed by atoms with Crippen LogP contribution in [0.3, 0.4) is 0 Å². The fourth-order valence-corrected chi connectivity index (χ4v) is 7.93. The predicted octanol–water partition coefficient (Wildman–Crippen LogP) is 14.4. The number of para-hydroxylation sites is 1. The molecule has 0 bridgehead atoms. The Morgan fingerprint density at radius 1 is 0.442 bits per heavy atom. The molecule has 1 aliphatic rings. The van der Waals surface area contributed by atoms with E-state index in [9.17, 15) is 0 Å². The first-order valence-corrected chi connectivity index (χ1v) is 18.1. The third-order valence-corrected chi connectivity index (χ3v) is 10.5. The van der Waals surface area contributed by atoms with E-state index in [4.69, 9.17) is 4.42 Å². The molecule has 2 heteroatoms. The molecule has 8 aromatic carbocycles. The van der Waals surface area contributed by atoms with Crippen LogP contribution < -0.4 is 4.90 Å². The molecule has 52 heavy (non-hydrogen) atoms. The van der Waals surface area contributed by atoms with Gasteiger partial charge in [0.25, 0.3) is 0 Å². The quantitative estimate of drug-likeness (QED) is 0.176. The summed E-state index contributed by atoms with van der Waals surface area (Å²) in [5.74, 6) is 0. The molecule has 1 aliphatic carbocycles. The molecule has 0 spiro atoms. The fraction of sp³-hybridized carbons (Fsp3) is 0.0400. The molecule has 0 N–H and O–H groups in total. The molecular formula is C50H35NO. The summed E-state index contributed by atoms with van der Waals surface area (Å²) in [7, 11) is 0. The average Bonchev–Trinajstić information content (AvgIpc) is 3.61. The van der Waals surface area contributed by atoms with Gasteiger partial charge < -0.3 is 9.32 Å². The van der Waals surface area contributed by atoms with Crippen molar-refractivity contribution >= 4 is 66.1 Å². The molecule has 1 aromatic heterocycles. The van der Waals surface area contributed by atoms with Crippen molar-refractivity contribution in [3.8, 4) is 22.3 Å². The molecule has 0 saturated heterocycles. The van der Waals surface area contributed by atoms with Crippen LogP contribution in [0.2, 0.25) is 0 Å². The Labute approximate surface area is 303 Å². The van der Waals surface area contributed by atoms with Crippen molar-refractivity contribution in [1.29, 1.82) is 0 Å². The van der Waals surface area contributed by atoms with Crippen molar-refractivity contribution in [3.05, 3.63) is 194 Å². The Kier molecular flexibility index (Phi) is 7.32. The number of rotatable bonds is 6. The molecule has 10 rings (SSSR count). The normalized spacial score (nSPS) is 12.9. The van der Waals surface area contributed by atoms with Gasteiger partial charge in [0.05, 0.1) is 5.69 Å². The van der Waals surface area contributed by atoms with Gasteiger partial charge in [-0.2, -0.15) is 0 Å². The molecule has 0 radical (unpaired) electrons. The topological polar surface area (TPSA) is 16.4 Å². The lowest BCUT2D eigenvalue weighted by Crippen LogP contribution is -2.13. The largest absolute Gasteiger partial charge is 0.456 e. The molecule has 0 amide bonds. The number of hydrogen-bond acceptors (Lipinski definition) is 2. The van der Waals surface area contributed by atoms with Gasteiger partial charge in [-0.15, -0.1) is 0 Å². The minimum Gasteiger partial charge on any atom is -0.456 e. The summed E-state index contributed by atoms with van der Waals surface area (Å²) in [6, 6.07) is 61.4. The summed E-state index contributed by atoms with van der Waals surface area (Å²) in [4.78, 5) is 2.46. The van der Waals surface area contributed by atoms with Crippen LogP contribution in [0, 0.1) is 0 Å². The van der Waals surface area contributed by atoms with Gasteiger partial charge in [0.2, 0.25) is 0 Å². The molecule has 246 valence electrons. The van der Waals surface area contributed by atoms with E-state index in [2.05, 4.69) is 181 Å². The lowest BCUT2D eigenvalue weighted by Gasteiger charge is -2.30. The summed E-state index contributed by atoms with van der Waals surface area (Å²) < 4.78 is 6.24. The van der Waals surface area contributed by atoms with Gasteiger partial charge in [0.15, 0.2) is 0 Å². The van der Waals surface area contributed by atoms with Crippen molar-refractivity contribution in [2.75, 3.05) is 4.90 Å². The van der Waals surface area contributed by atoms with Gasteiger partial charge in [0, 0.05) is 33.1 Å². The summed E-state index contributed by atoms with van der Waals surface area (Å²) in [5, 5.41) is 7.18. The van der Waals surface area contributed by atoms with E-state index in [-0.39, 0.29) is 0 Å². The first-order valence-electron chi connectivity index (χ1n) is 18.1. The van der Waals surface area contributed by atoms with E-state index in [0.717, 1.165) is 40.8 Å². The zero-order valence-electron chi connectivity index (χ0n) is 28.7. The summed E-state index contributed by atoms with van der Waals surface area (Å²) in [6.07, 6.45) is 9.10. The number of furan rings is 1. The number of nitrogens with zero attached hydrogens (tertiary/aromatic N) is 1.